The van der Waals surface area contributed by atoms with Crippen molar-refractivity contribution in [3.05, 3.63) is 59.7 Å². The third-order valence-electron chi connectivity index (χ3n) is 4.23. The topological polar surface area (TPSA) is 44.3 Å². The summed E-state index contributed by atoms with van der Waals surface area (Å²) in [6.07, 6.45) is 9.72. The number of hydrogen-bond donors (Lipinski definition) is 3. The van der Waals surface area contributed by atoms with Crippen molar-refractivity contribution in [1.82, 2.24) is 5.32 Å². The van der Waals surface area contributed by atoms with Gasteiger partial charge in [0.15, 0.2) is 0 Å². The van der Waals surface area contributed by atoms with Crippen molar-refractivity contribution in [3.63, 3.8) is 0 Å². The molecule has 0 saturated carbocycles. The number of benzene rings is 1. The highest BCUT2D eigenvalue weighted by atomic mass is 32.2. The summed E-state index contributed by atoms with van der Waals surface area (Å²) < 4.78 is 0. The van der Waals surface area contributed by atoms with E-state index in [-0.39, 0.29) is 12.1 Å². The number of aliphatic hydroxyl groups excluding tert-OH is 1. The van der Waals surface area contributed by atoms with Crippen molar-refractivity contribution < 1.29 is 5.11 Å². The lowest BCUT2D eigenvalue weighted by Gasteiger charge is -2.39. The summed E-state index contributed by atoms with van der Waals surface area (Å²) in [5, 5.41) is 16.1. The van der Waals surface area contributed by atoms with Gasteiger partial charge in [-0.25, -0.2) is 0 Å². The summed E-state index contributed by atoms with van der Waals surface area (Å²) in [7, 11) is 0. The van der Waals surface area contributed by atoms with Crippen LogP contribution in [0.25, 0.3) is 5.70 Å². The molecule has 1 unspecified atom stereocenters. The van der Waals surface area contributed by atoms with Gasteiger partial charge in [0.2, 0.25) is 0 Å². The molecule has 23 heavy (non-hydrogen) atoms. The van der Waals surface area contributed by atoms with Crippen LogP contribution in [0.3, 0.4) is 0 Å². The van der Waals surface area contributed by atoms with E-state index in [0.717, 1.165) is 24.5 Å². The van der Waals surface area contributed by atoms with Gasteiger partial charge in [-0.2, -0.15) is 11.8 Å². The van der Waals surface area contributed by atoms with Crippen molar-refractivity contribution >= 4 is 23.1 Å². The number of aliphatic hydroxyl groups is 1. The second kappa shape index (κ2) is 7.28. The summed E-state index contributed by atoms with van der Waals surface area (Å²) in [6, 6.07) is 8.48. The molecule has 2 aliphatic rings. The van der Waals surface area contributed by atoms with Crippen molar-refractivity contribution in [2.45, 2.75) is 18.9 Å². The van der Waals surface area contributed by atoms with Gasteiger partial charge in [-0.3, -0.25) is 0 Å². The van der Waals surface area contributed by atoms with Crippen LogP contribution in [0, 0.1) is 0 Å². The molecule has 0 fully saturated rings. The Kier molecular flexibility index (Phi) is 5.13. The number of nitrogens with one attached hydrogen (secondary N) is 2. The lowest BCUT2D eigenvalue weighted by molar-refractivity contribution is 0.322. The lowest BCUT2D eigenvalue weighted by atomic mass is 9.81. The Morgan fingerprint density at radius 2 is 2.09 bits per heavy atom. The minimum Gasteiger partial charge on any atom is -0.396 e. The van der Waals surface area contributed by atoms with Gasteiger partial charge in [-0.1, -0.05) is 42.5 Å². The predicted molar refractivity (Wildman–Crippen MR) is 101 cm³/mol. The summed E-state index contributed by atoms with van der Waals surface area (Å²) in [6.45, 7) is 3.43. The van der Waals surface area contributed by atoms with E-state index >= 15 is 0 Å². The van der Waals surface area contributed by atoms with Crippen LogP contribution in [0.1, 0.15) is 18.9 Å². The molecule has 1 heterocycles. The second-order valence-corrected chi connectivity index (χ2v) is 7.22. The Labute approximate surface area is 142 Å². The molecule has 122 valence electrons. The molecule has 3 rings (SSSR count). The van der Waals surface area contributed by atoms with Gasteiger partial charge in [0.25, 0.3) is 0 Å². The van der Waals surface area contributed by atoms with Gasteiger partial charge < -0.3 is 15.7 Å². The van der Waals surface area contributed by atoms with Gasteiger partial charge in [-0.05, 0) is 25.2 Å². The Balaban J connectivity index is 1.79. The van der Waals surface area contributed by atoms with Gasteiger partial charge in [0, 0.05) is 34.8 Å². The molecule has 1 aromatic rings. The molecule has 1 aromatic carbocycles. The maximum absolute atomic E-state index is 8.83. The van der Waals surface area contributed by atoms with E-state index in [4.69, 9.17) is 5.11 Å². The quantitative estimate of drug-likeness (QED) is 0.671. The summed E-state index contributed by atoms with van der Waals surface area (Å²) >= 11 is 1.80. The summed E-state index contributed by atoms with van der Waals surface area (Å²) in [4.78, 5) is 0. The third kappa shape index (κ3) is 3.48. The number of fused-ring (bicyclic) bond motifs is 2. The highest BCUT2D eigenvalue weighted by molar-refractivity contribution is 7.99. The van der Waals surface area contributed by atoms with Crippen LogP contribution in [0.5, 0.6) is 0 Å². The lowest BCUT2D eigenvalue weighted by Crippen LogP contribution is -2.40. The number of allylic oxidation sites excluding steroid dienone is 2. The van der Waals surface area contributed by atoms with Crippen LogP contribution >= 0.6 is 11.8 Å². The Bertz CT molecular complexity index is 651. The Morgan fingerprint density at radius 1 is 1.22 bits per heavy atom. The molecule has 1 aliphatic carbocycles. The zero-order chi connectivity index (χ0) is 16.1. The zero-order valence-electron chi connectivity index (χ0n) is 13.5. The highest BCUT2D eigenvalue weighted by Crippen LogP contribution is 2.40. The average molecular weight is 328 g/mol. The van der Waals surface area contributed by atoms with Crippen molar-refractivity contribution in [2.24, 2.45) is 0 Å². The number of para-hydroxylation sites is 1. The molecule has 4 heteroatoms. The number of rotatable bonds is 7. The van der Waals surface area contributed by atoms with E-state index < -0.39 is 0 Å². The largest absolute Gasteiger partial charge is 0.396 e. The Hall–Kier alpha value is -1.65. The van der Waals surface area contributed by atoms with Crippen LogP contribution in [0.4, 0.5) is 5.69 Å². The first-order valence-corrected chi connectivity index (χ1v) is 9.31. The molecule has 0 aromatic heterocycles. The van der Waals surface area contributed by atoms with Crippen molar-refractivity contribution in [1.29, 1.82) is 0 Å². The highest BCUT2D eigenvalue weighted by Gasteiger charge is 2.34. The smallest absolute Gasteiger partial charge is 0.0804 e. The van der Waals surface area contributed by atoms with E-state index in [1.54, 1.807) is 11.8 Å². The van der Waals surface area contributed by atoms with Crippen molar-refractivity contribution in [2.75, 3.05) is 30.0 Å². The molecule has 0 spiro atoms. The maximum Gasteiger partial charge on any atom is 0.0804 e. The van der Waals surface area contributed by atoms with Crippen LogP contribution in [0.2, 0.25) is 0 Å². The van der Waals surface area contributed by atoms with Crippen molar-refractivity contribution in [3.8, 4) is 0 Å². The van der Waals surface area contributed by atoms with Crippen LogP contribution in [-0.2, 0) is 0 Å². The summed E-state index contributed by atoms with van der Waals surface area (Å²) in [5.41, 5.74) is 4.78. The van der Waals surface area contributed by atoms with E-state index in [1.165, 1.54) is 22.5 Å². The SMILES string of the molecule is CC12C=CC=CC1=C(NCCCSCCO)c1ccccc1N2. The van der Waals surface area contributed by atoms with E-state index in [9.17, 15) is 0 Å². The average Bonchev–Trinajstić information content (AvgIpc) is 2.56. The predicted octanol–water partition coefficient (Wildman–Crippen LogP) is 3.41. The van der Waals surface area contributed by atoms with Gasteiger partial charge in [-0.15, -0.1) is 0 Å². The standard InChI is InChI=1S/C19H24N2OS/c1-19-10-5-4-8-16(19)18(20-11-6-13-23-14-12-22)15-7-2-3-9-17(15)21-19/h2-5,7-10,20-22H,6,11-14H2,1H3. The normalized spacial score (nSPS) is 21.7. The van der Waals surface area contributed by atoms with Gasteiger partial charge >= 0.3 is 0 Å². The second-order valence-electron chi connectivity index (χ2n) is 6.00. The molecule has 3 nitrogen and oxygen atoms in total. The maximum atomic E-state index is 8.83. The molecular weight excluding hydrogens is 304 g/mol. The van der Waals surface area contributed by atoms with Crippen LogP contribution in [0.15, 0.2) is 54.1 Å². The molecule has 0 amide bonds. The van der Waals surface area contributed by atoms with Gasteiger partial charge in [0.05, 0.1) is 12.1 Å². The molecule has 0 saturated heterocycles. The molecule has 0 radical (unpaired) electrons. The van der Waals surface area contributed by atoms with E-state index in [0.29, 0.717) is 0 Å². The molecule has 0 bridgehead atoms. The fourth-order valence-corrected chi connectivity index (χ4v) is 3.78. The Morgan fingerprint density at radius 3 is 2.96 bits per heavy atom. The van der Waals surface area contributed by atoms with E-state index in [1.807, 2.05) is 0 Å². The minimum atomic E-state index is -0.156. The summed E-state index contributed by atoms with van der Waals surface area (Å²) in [5.74, 6) is 1.90. The molecular formula is C19H24N2OS. The van der Waals surface area contributed by atoms with Gasteiger partial charge in [0.1, 0.15) is 0 Å². The number of thioether (sulfide) groups is 1. The van der Waals surface area contributed by atoms with Crippen LogP contribution in [-0.4, -0.2) is 35.3 Å². The first kappa shape index (κ1) is 16.2. The molecule has 1 aliphatic heterocycles. The fraction of sp³-hybridized carbons (Fsp3) is 0.368. The molecule has 1 atom stereocenters. The third-order valence-corrected chi connectivity index (χ3v) is 5.27. The minimum absolute atomic E-state index is 0.156. The zero-order valence-corrected chi connectivity index (χ0v) is 14.3. The first-order chi connectivity index (χ1) is 11.2. The van der Waals surface area contributed by atoms with E-state index in [2.05, 4.69) is 66.1 Å². The molecule has 3 N–H and O–H groups in total. The van der Waals surface area contributed by atoms with Crippen LogP contribution < -0.4 is 10.6 Å². The monoisotopic (exact) mass is 328 g/mol. The number of anilines is 1. The first-order valence-electron chi connectivity index (χ1n) is 8.15. The fourth-order valence-electron chi connectivity index (χ4n) is 3.09. The number of hydrogen-bond acceptors (Lipinski definition) is 4.